The van der Waals surface area contributed by atoms with Gasteiger partial charge in [-0.25, -0.2) is 0 Å². The van der Waals surface area contributed by atoms with E-state index in [9.17, 15) is 0 Å². The van der Waals surface area contributed by atoms with Crippen molar-refractivity contribution in [1.82, 2.24) is 20.1 Å². The minimum Gasteiger partial charge on any atom is -0.316 e. The molecule has 1 unspecified atom stereocenters. The molecule has 1 atom stereocenters. The van der Waals surface area contributed by atoms with Crippen LogP contribution in [0.2, 0.25) is 0 Å². The Bertz CT molecular complexity index is 462. The zero-order valence-electron chi connectivity index (χ0n) is 14.8. The molecule has 2 saturated heterocycles. The van der Waals surface area contributed by atoms with Gasteiger partial charge in [-0.1, -0.05) is 13.0 Å². The van der Waals surface area contributed by atoms with Crippen LogP contribution in [0, 0.1) is 5.41 Å². The Morgan fingerprint density at radius 1 is 1.35 bits per heavy atom. The number of piperidine rings is 1. The van der Waals surface area contributed by atoms with Crippen molar-refractivity contribution in [2.45, 2.75) is 38.6 Å². The minimum absolute atomic E-state index is 0.477. The summed E-state index contributed by atoms with van der Waals surface area (Å²) in [5.41, 5.74) is 1.69. The normalized spacial score (nSPS) is 26.9. The lowest BCUT2D eigenvalue weighted by Gasteiger charge is -2.39. The molecule has 1 N–H and O–H groups in total. The van der Waals surface area contributed by atoms with Crippen LogP contribution >= 0.6 is 0 Å². The van der Waals surface area contributed by atoms with Crippen molar-refractivity contribution >= 4 is 0 Å². The first-order valence-electron chi connectivity index (χ1n) is 9.18. The molecule has 0 saturated carbocycles. The van der Waals surface area contributed by atoms with Crippen LogP contribution in [0.4, 0.5) is 0 Å². The third-order valence-corrected chi connectivity index (χ3v) is 5.68. The number of nitrogens with zero attached hydrogens (tertiary/aromatic N) is 3. The van der Waals surface area contributed by atoms with Gasteiger partial charge in [-0.05, 0) is 63.5 Å². The maximum absolute atomic E-state index is 4.43. The Kier molecular flexibility index (Phi) is 5.67. The van der Waals surface area contributed by atoms with Crippen LogP contribution in [0.15, 0.2) is 24.4 Å². The molecule has 2 aliphatic heterocycles. The molecule has 0 aliphatic carbocycles. The molecule has 4 heteroatoms. The Morgan fingerprint density at radius 2 is 2.17 bits per heavy atom. The van der Waals surface area contributed by atoms with Gasteiger partial charge in [-0.15, -0.1) is 0 Å². The van der Waals surface area contributed by atoms with Gasteiger partial charge in [-0.3, -0.25) is 4.98 Å². The predicted octanol–water partition coefficient (Wildman–Crippen LogP) is 2.02. The van der Waals surface area contributed by atoms with E-state index < -0.39 is 0 Å². The van der Waals surface area contributed by atoms with Crippen molar-refractivity contribution in [3.63, 3.8) is 0 Å². The molecule has 3 heterocycles. The first-order chi connectivity index (χ1) is 11.1. The van der Waals surface area contributed by atoms with Crippen molar-refractivity contribution in [2.24, 2.45) is 5.41 Å². The molecule has 1 aromatic heterocycles. The van der Waals surface area contributed by atoms with Crippen LogP contribution in [0.5, 0.6) is 0 Å². The molecule has 0 aromatic carbocycles. The van der Waals surface area contributed by atoms with Crippen LogP contribution in [0.3, 0.4) is 0 Å². The second-order valence-corrected chi connectivity index (χ2v) is 7.80. The number of pyridine rings is 1. The van der Waals surface area contributed by atoms with Gasteiger partial charge in [0.15, 0.2) is 0 Å². The lowest BCUT2D eigenvalue weighted by molar-refractivity contribution is 0.0974. The van der Waals surface area contributed by atoms with Crippen molar-refractivity contribution < 1.29 is 0 Å². The van der Waals surface area contributed by atoms with E-state index in [0.29, 0.717) is 5.41 Å². The van der Waals surface area contributed by atoms with Crippen LogP contribution in [0.1, 0.15) is 31.9 Å². The SMILES string of the molecule is CN(CC1(C)CCNC1)C1CCN(CCc2ccccn2)CC1. The van der Waals surface area contributed by atoms with Gasteiger partial charge in [0.1, 0.15) is 0 Å². The van der Waals surface area contributed by atoms with Crippen LogP contribution in [-0.4, -0.2) is 67.1 Å². The molecular formula is C19H32N4. The summed E-state index contributed by atoms with van der Waals surface area (Å²) >= 11 is 0. The monoisotopic (exact) mass is 316 g/mol. The summed E-state index contributed by atoms with van der Waals surface area (Å²) < 4.78 is 0. The number of hydrogen-bond donors (Lipinski definition) is 1. The number of likely N-dealkylation sites (tertiary alicyclic amines) is 1. The van der Waals surface area contributed by atoms with E-state index in [1.54, 1.807) is 0 Å². The molecule has 0 radical (unpaired) electrons. The third kappa shape index (κ3) is 4.75. The summed E-state index contributed by atoms with van der Waals surface area (Å²) in [4.78, 5) is 9.67. The Labute approximate surface area is 141 Å². The molecule has 1 aromatic rings. The first-order valence-corrected chi connectivity index (χ1v) is 9.18. The average molecular weight is 316 g/mol. The second-order valence-electron chi connectivity index (χ2n) is 7.80. The lowest BCUT2D eigenvalue weighted by atomic mass is 9.88. The zero-order valence-corrected chi connectivity index (χ0v) is 14.8. The molecule has 2 fully saturated rings. The van der Waals surface area contributed by atoms with Gasteiger partial charge in [0.05, 0.1) is 0 Å². The second kappa shape index (κ2) is 7.73. The topological polar surface area (TPSA) is 31.4 Å². The smallest absolute Gasteiger partial charge is 0.0416 e. The van der Waals surface area contributed by atoms with Crippen molar-refractivity contribution in [2.75, 3.05) is 46.3 Å². The molecule has 4 nitrogen and oxygen atoms in total. The number of rotatable bonds is 6. The van der Waals surface area contributed by atoms with E-state index >= 15 is 0 Å². The molecular weight excluding hydrogens is 284 g/mol. The average Bonchev–Trinajstić information content (AvgIpc) is 3.00. The first kappa shape index (κ1) is 16.9. The van der Waals surface area contributed by atoms with E-state index in [1.807, 2.05) is 12.3 Å². The van der Waals surface area contributed by atoms with Crippen LogP contribution < -0.4 is 5.32 Å². The highest BCUT2D eigenvalue weighted by Gasteiger charge is 2.32. The third-order valence-electron chi connectivity index (χ3n) is 5.68. The van der Waals surface area contributed by atoms with Gasteiger partial charge in [0.25, 0.3) is 0 Å². The van der Waals surface area contributed by atoms with Crippen molar-refractivity contribution in [3.8, 4) is 0 Å². The summed E-state index contributed by atoms with van der Waals surface area (Å²) in [7, 11) is 2.33. The van der Waals surface area contributed by atoms with E-state index in [0.717, 1.165) is 19.0 Å². The largest absolute Gasteiger partial charge is 0.316 e. The van der Waals surface area contributed by atoms with E-state index in [4.69, 9.17) is 0 Å². The van der Waals surface area contributed by atoms with E-state index in [2.05, 4.69) is 46.2 Å². The highest BCUT2D eigenvalue weighted by atomic mass is 15.2. The zero-order chi connectivity index (χ0) is 16.1. The summed E-state index contributed by atoms with van der Waals surface area (Å²) in [6, 6.07) is 6.97. The molecule has 0 spiro atoms. The van der Waals surface area contributed by atoms with Crippen molar-refractivity contribution in [1.29, 1.82) is 0 Å². The number of nitrogens with one attached hydrogen (secondary N) is 1. The minimum atomic E-state index is 0.477. The highest BCUT2D eigenvalue weighted by Crippen LogP contribution is 2.27. The molecule has 0 amide bonds. The Hall–Kier alpha value is -0.970. The lowest BCUT2D eigenvalue weighted by Crippen LogP contribution is -2.47. The molecule has 128 valence electrons. The van der Waals surface area contributed by atoms with E-state index in [1.165, 1.54) is 57.7 Å². The molecule has 2 aliphatic rings. The summed E-state index contributed by atoms with van der Waals surface area (Å²) in [6.45, 7) is 9.66. The fraction of sp³-hybridized carbons (Fsp3) is 0.737. The standard InChI is InChI=1S/C19H32N4/c1-19(9-11-20-15-19)16-22(2)18-7-13-23(14-8-18)12-6-17-5-3-4-10-21-17/h3-5,10,18,20H,6-9,11-16H2,1-2H3. The summed E-state index contributed by atoms with van der Waals surface area (Å²) in [5.74, 6) is 0. The highest BCUT2D eigenvalue weighted by molar-refractivity contribution is 5.03. The van der Waals surface area contributed by atoms with Gasteiger partial charge in [0, 0.05) is 44.0 Å². The quantitative estimate of drug-likeness (QED) is 0.870. The van der Waals surface area contributed by atoms with Gasteiger partial charge >= 0.3 is 0 Å². The predicted molar refractivity (Wildman–Crippen MR) is 95.6 cm³/mol. The maximum Gasteiger partial charge on any atom is 0.0416 e. The van der Waals surface area contributed by atoms with Gasteiger partial charge in [0.2, 0.25) is 0 Å². The summed E-state index contributed by atoms with van der Waals surface area (Å²) in [5, 5.41) is 3.52. The molecule has 0 bridgehead atoms. The maximum atomic E-state index is 4.43. The Balaban J connectivity index is 1.39. The fourth-order valence-electron chi connectivity index (χ4n) is 4.14. The number of aromatic nitrogens is 1. The van der Waals surface area contributed by atoms with Gasteiger partial charge in [-0.2, -0.15) is 0 Å². The van der Waals surface area contributed by atoms with Crippen LogP contribution in [0.25, 0.3) is 0 Å². The number of hydrogen-bond acceptors (Lipinski definition) is 4. The van der Waals surface area contributed by atoms with Crippen LogP contribution in [-0.2, 0) is 6.42 Å². The summed E-state index contributed by atoms with van der Waals surface area (Å²) in [6.07, 6.45) is 6.91. The Morgan fingerprint density at radius 3 is 2.83 bits per heavy atom. The van der Waals surface area contributed by atoms with Gasteiger partial charge < -0.3 is 15.1 Å². The molecule has 3 rings (SSSR count). The van der Waals surface area contributed by atoms with E-state index in [-0.39, 0.29) is 0 Å². The van der Waals surface area contributed by atoms with Crippen molar-refractivity contribution in [3.05, 3.63) is 30.1 Å². The fourth-order valence-corrected chi connectivity index (χ4v) is 4.14. The molecule has 23 heavy (non-hydrogen) atoms.